The summed E-state index contributed by atoms with van der Waals surface area (Å²) in [6.07, 6.45) is 3.07. The zero-order valence-corrected chi connectivity index (χ0v) is 17.4. The molecule has 10 nitrogen and oxygen atoms in total. The number of aliphatic carboxylic acids is 1. The van der Waals surface area contributed by atoms with Crippen LogP contribution in [0.5, 0.6) is 0 Å². The number of thiol groups is 1. The molecular weight excluding hydrogens is 408 g/mol. The number of thioether (sulfide) groups is 1. The minimum Gasteiger partial charge on any atom is -0.480 e. The Labute approximate surface area is 173 Å². The fourth-order valence-corrected chi connectivity index (χ4v) is 3.45. The number of aliphatic hydroxyl groups excluding tert-OH is 1. The van der Waals surface area contributed by atoms with Crippen molar-refractivity contribution in [2.75, 3.05) is 30.9 Å². The van der Waals surface area contributed by atoms with Gasteiger partial charge in [-0.05, 0) is 31.3 Å². The minimum absolute atomic E-state index is 0.0615. The molecule has 1 saturated heterocycles. The van der Waals surface area contributed by atoms with Gasteiger partial charge in [0.15, 0.2) is 0 Å². The SMILES string of the molecule is CSCCC(NC(=O)C(CO)NC(=O)C(N)CS)C(=O)N1CCCC1C(=O)O. The lowest BCUT2D eigenvalue weighted by Gasteiger charge is -2.28. The second kappa shape index (κ2) is 12.1. The van der Waals surface area contributed by atoms with Crippen molar-refractivity contribution in [2.24, 2.45) is 5.73 Å². The van der Waals surface area contributed by atoms with E-state index in [1.54, 1.807) is 0 Å². The summed E-state index contributed by atoms with van der Waals surface area (Å²) in [6, 6.07) is -4.09. The van der Waals surface area contributed by atoms with E-state index in [0.29, 0.717) is 25.1 Å². The molecule has 3 amide bonds. The number of hydrogen-bond acceptors (Lipinski definition) is 8. The van der Waals surface area contributed by atoms with Crippen LogP contribution in [0.1, 0.15) is 19.3 Å². The summed E-state index contributed by atoms with van der Waals surface area (Å²) < 4.78 is 0. The van der Waals surface area contributed by atoms with E-state index in [2.05, 4.69) is 23.3 Å². The van der Waals surface area contributed by atoms with E-state index in [4.69, 9.17) is 5.73 Å². The van der Waals surface area contributed by atoms with E-state index in [1.165, 1.54) is 16.7 Å². The third kappa shape index (κ3) is 6.83. The van der Waals surface area contributed by atoms with Gasteiger partial charge >= 0.3 is 5.97 Å². The van der Waals surface area contributed by atoms with E-state index in [-0.39, 0.29) is 12.2 Å². The van der Waals surface area contributed by atoms with Crippen molar-refractivity contribution in [3.05, 3.63) is 0 Å². The quantitative estimate of drug-likeness (QED) is 0.203. The van der Waals surface area contributed by atoms with Gasteiger partial charge in [-0.25, -0.2) is 4.79 Å². The topological polar surface area (TPSA) is 162 Å². The third-order valence-corrected chi connectivity index (χ3v) is 5.43. The van der Waals surface area contributed by atoms with Gasteiger partial charge in [0.05, 0.1) is 12.6 Å². The van der Waals surface area contributed by atoms with Crippen LogP contribution in [0.2, 0.25) is 0 Å². The number of nitrogens with two attached hydrogens (primary N) is 1. The number of aliphatic hydroxyl groups is 1. The number of likely N-dealkylation sites (tertiary alicyclic amines) is 1. The molecule has 1 aliphatic heterocycles. The smallest absolute Gasteiger partial charge is 0.326 e. The molecule has 0 saturated carbocycles. The molecule has 0 radical (unpaired) electrons. The van der Waals surface area contributed by atoms with Gasteiger partial charge < -0.3 is 31.5 Å². The van der Waals surface area contributed by atoms with Gasteiger partial charge in [-0.1, -0.05) is 0 Å². The normalized spacial score (nSPS) is 19.6. The van der Waals surface area contributed by atoms with Crippen molar-refractivity contribution in [3.8, 4) is 0 Å². The summed E-state index contributed by atoms with van der Waals surface area (Å²) in [7, 11) is 0. The van der Waals surface area contributed by atoms with Gasteiger partial charge in [-0.2, -0.15) is 24.4 Å². The van der Waals surface area contributed by atoms with Crippen LogP contribution in [0.4, 0.5) is 0 Å². The van der Waals surface area contributed by atoms with Gasteiger partial charge in [-0.15, -0.1) is 0 Å². The van der Waals surface area contributed by atoms with Crippen molar-refractivity contribution in [3.63, 3.8) is 0 Å². The lowest BCUT2D eigenvalue weighted by Crippen LogP contribution is -2.58. The largest absolute Gasteiger partial charge is 0.480 e. The fraction of sp³-hybridized carbons (Fsp3) is 0.750. The summed E-state index contributed by atoms with van der Waals surface area (Å²) >= 11 is 5.38. The molecule has 0 aromatic rings. The van der Waals surface area contributed by atoms with Gasteiger partial charge in [0, 0.05) is 12.3 Å². The maximum Gasteiger partial charge on any atom is 0.326 e. The van der Waals surface area contributed by atoms with Crippen molar-refractivity contribution in [2.45, 2.75) is 43.4 Å². The van der Waals surface area contributed by atoms with E-state index in [9.17, 15) is 29.4 Å². The van der Waals surface area contributed by atoms with Crippen LogP contribution in [0, 0.1) is 0 Å². The molecule has 160 valence electrons. The average molecular weight is 437 g/mol. The molecule has 4 atom stereocenters. The number of hydrogen-bond donors (Lipinski definition) is 6. The maximum atomic E-state index is 12.8. The molecule has 0 aromatic carbocycles. The van der Waals surface area contributed by atoms with Crippen LogP contribution >= 0.6 is 24.4 Å². The molecule has 1 aliphatic rings. The molecule has 6 N–H and O–H groups in total. The highest BCUT2D eigenvalue weighted by Crippen LogP contribution is 2.19. The first-order valence-corrected chi connectivity index (χ1v) is 10.9. The third-order valence-electron chi connectivity index (χ3n) is 4.40. The van der Waals surface area contributed by atoms with E-state index in [1.807, 2.05) is 6.26 Å². The Bertz CT molecular complexity index is 579. The summed E-state index contributed by atoms with van der Waals surface area (Å²) in [5.41, 5.74) is 5.54. The highest BCUT2D eigenvalue weighted by Gasteiger charge is 2.38. The lowest BCUT2D eigenvalue weighted by atomic mass is 10.1. The summed E-state index contributed by atoms with van der Waals surface area (Å²) in [5, 5.41) is 23.6. The van der Waals surface area contributed by atoms with Crippen LogP contribution in [-0.2, 0) is 19.2 Å². The van der Waals surface area contributed by atoms with Crippen LogP contribution in [0.25, 0.3) is 0 Å². The maximum absolute atomic E-state index is 12.8. The van der Waals surface area contributed by atoms with E-state index >= 15 is 0 Å². The monoisotopic (exact) mass is 436 g/mol. The Morgan fingerprint density at radius 2 is 1.89 bits per heavy atom. The predicted octanol–water partition coefficient (Wildman–Crippen LogP) is -1.97. The zero-order valence-electron chi connectivity index (χ0n) is 15.7. The second-order valence-corrected chi connectivity index (χ2v) is 7.75. The van der Waals surface area contributed by atoms with Crippen LogP contribution < -0.4 is 16.4 Å². The Morgan fingerprint density at radius 1 is 1.25 bits per heavy atom. The molecule has 0 aromatic heterocycles. The van der Waals surface area contributed by atoms with Crippen LogP contribution in [-0.4, -0.2) is 93.9 Å². The molecule has 1 heterocycles. The van der Waals surface area contributed by atoms with Crippen molar-refractivity contribution in [1.29, 1.82) is 0 Å². The van der Waals surface area contributed by atoms with Gasteiger partial charge in [0.25, 0.3) is 0 Å². The van der Waals surface area contributed by atoms with Crippen molar-refractivity contribution in [1.82, 2.24) is 15.5 Å². The number of carbonyl (C=O) groups excluding carboxylic acids is 3. The second-order valence-electron chi connectivity index (χ2n) is 6.40. The summed E-state index contributed by atoms with van der Waals surface area (Å²) in [6.45, 7) is -0.375. The van der Waals surface area contributed by atoms with E-state index < -0.39 is 54.5 Å². The number of carbonyl (C=O) groups is 4. The van der Waals surface area contributed by atoms with Gasteiger partial charge in [0.2, 0.25) is 17.7 Å². The van der Waals surface area contributed by atoms with Gasteiger partial charge in [-0.3, -0.25) is 14.4 Å². The first kappa shape index (κ1) is 24.5. The molecule has 0 bridgehead atoms. The molecule has 1 rings (SSSR count). The minimum atomic E-state index is -1.28. The Hall–Kier alpha value is -1.50. The number of carboxylic acid groups (broad SMARTS) is 1. The zero-order chi connectivity index (χ0) is 21.3. The molecule has 12 heteroatoms. The first-order chi connectivity index (χ1) is 13.3. The number of carboxylic acids is 1. The average Bonchev–Trinajstić information content (AvgIpc) is 3.17. The van der Waals surface area contributed by atoms with E-state index in [0.717, 1.165) is 0 Å². The number of amides is 3. The first-order valence-electron chi connectivity index (χ1n) is 8.87. The summed E-state index contributed by atoms with van der Waals surface area (Å²) in [5.74, 6) is -2.34. The van der Waals surface area contributed by atoms with Crippen LogP contribution in [0.3, 0.4) is 0 Å². The fourth-order valence-electron chi connectivity index (χ4n) is 2.81. The Morgan fingerprint density at radius 3 is 2.43 bits per heavy atom. The molecular formula is C16H28N4O6S2. The standard InChI is InChI=1S/C16H28N4O6S2/c1-28-6-4-10(15(24)20-5-2-3-12(20)16(25)26)18-14(23)11(7-21)19-13(22)9(17)8-27/h9-12,21,27H,2-8,17H2,1H3,(H,18,23)(H,19,22)(H,25,26). The molecule has 4 unspecified atom stereocenters. The number of nitrogens with one attached hydrogen (secondary N) is 2. The number of rotatable bonds is 11. The predicted molar refractivity (Wildman–Crippen MR) is 108 cm³/mol. The molecule has 28 heavy (non-hydrogen) atoms. The van der Waals surface area contributed by atoms with Gasteiger partial charge in [0.1, 0.15) is 18.1 Å². The summed E-state index contributed by atoms with van der Waals surface area (Å²) in [4.78, 5) is 49.8. The lowest BCUT2D eigenvalue weighted by molar-refractivity contribution is -0.149. The van der Waals surface area contributed by atoms with Crippen LogP contribution in [0.15, 0.2) is 0 Å². The number of nitrogens with zero attached hydrogens (tertiary/aromatic N) is 1. The van der Waals surface area contributed by atoms with Crippen molar-refractivity contribution < 1.29 is 29.4 Å². The molecule has 0 spiro atoms. The Kier molecular flexibility index (Phi) is 10.6. The highest BCUT2D eigenvalue weighted by molar-refractivity contribution is 7.98. The molecule has 0 aliphatic carbocycles. The van der Waals surface area contributed by atoms with Crippen molar-refractivity contribution >= 4 is 48.1 Å². The Balaban J connectivity index is 2.85. The highest BCUT2D eigenvalue weighted by atomic mass is 32.2. The molecule has 1 fully saturated rings.